The molecule has 9 heteroatoms. The van der Waals surface area contributed by atoms with Gasteiger partial charge >= 0.3 is 0 Å². The van der Waals surface area contributed by atoms with Gasteiger partial charge in [0.1, 0.15) is 6.54 Å². The third-order valence-corrected chi connectivity index (χ3v) is 5.32. The molecule has 5 rings (SSSR count). The molecule has 0 spiro atoms. The average Bonchev–Trinajstić information content (AvgIpc) is 3.44. The Kier molecular flexibility index (Phi) is 5.27. The Morgan fingerprint density at radius 2 is 1.70 bits per heavy atom. The van der Waals surface area contributed by atoms with Crippen LogP contribution in [0.25, 0.3) is 16.6 Å². The van der Waals surface area contributed by atoms with E-state index in [1.807, 2.05) is 49.8 Å². The van der Waals surface area contributed by atoms with E-state index in [2.05, 4.69) is 32.3 Å². The summed E-state index contributed by atoms with van der Waals surface area (Å²) in [6, 6.07) is 14.1. The van der Waals surface area contributed by atoms with Crippen LogP contribution in [0.15, 0.2) is 79.6 Å². The van der Waals surface area contributed by atoms with Crippen molar-refractivity contribution < 1.29 is 4.79 Å². The minimum Gasteiger partial charge on any atom is -0.368 e. The van der Waals surface area contributed by atoms with Crippen LogP contribution in [0.3, 0.4) is 0 Å². The Balaban J connectivity index is 1.47. The normalized spacial score (nSPS) is 11.1. The maximum Gasteiger partial charge on any atom is 0.237 e. The van der Waals surface area contributed by atoms with Gasteiger partial charge in [-0.1, -0.05) is 36.4 Å². The molecule has 0 radical (unpaired) electrons. The lowest BCUT2D eigenvalue weighted by Gasteiger charge is -2.20. The molecular formula is C24H22N8O. The lowest BCUT2D eigenvalue weighted by Crippen LogP contribution is -2.31. The second-order valence-corrected chi connectivity index (χ2v) is 7.79. The van der Waals surface area contributed by atoms with Crippen LogP contribution >= 0.6 is 0 Å². The first-order valence-electron chi connectivity index (χ1n) is 10.4. The zero-order valence-electron chi connectivity index (χ0n) is 18.0. The van der Waals surface area contributed by atoms with Gasteiger partial charge in [-0.2, -0.15) is 10.2 Å². The molecule has 5 aromatic rings. The van der Waals surface area contributed by atoms with Crippen molar-refractivity contribution in [3.05, 3.63) is 90.8 Å². The van der Waals surface area contributed by atoms with Crippen molar-refractivity contribution in [1.82, 2.24) is 29.4 Å². The fourth-order valence-electron chi connectivity index (χ4n) is 3.75. The SMILES string of the molecule is Cn1cc(-c2ccc3c(N(CC(N)=O)c4ncc(Cc5ccccc5)cn4)cnn3c2)cn1. The number of nitrogens with two attached hydrogens (primary N) is 1. The molecule has 9 nitrogen and oxygen atoms in total. The Labute approximate surface area is 190 Å². The zero-order chi connectivity index (χ0) is 22.8. The number of primary amides is 1. The van der Waals surface area contributed by atoms with Crippen molar-refractivity contribution in [1.29, 1.82) is 0 Å². The predicted molar refractivity (Wildman–Crippen MR) is 125 cm³/mol. The van der Waals surface area contributed by atoms with Gasteiger partial charge in [0.25, 0.3) is 0 Å². The minimum absolute atomic E-state index is 0.0657. The molecule has 0 unspecified atom stereocenters. The summed E-state index contributed by atoms with van der Waals surface area (Å²) in [7, 11) is 1.88. The molecule has 0 fully saturated rings. The van der Waals surface area contributed by atoms with E-state index in [1.165, 1.54) is 5.56 Å². The topological polar surface area (TPSA) is 107 Å². The lowest BCUT2D eigenvalue weighted by molar-refractivity contribution is -0.116. The van der Waals surface area contributed by atoms with Crippen LogP contribution in [0.2, 0.25) is 0 Å². The van der Waals surface area contributed by atoms with Crippen molar-refractivity contribution >= 4 is 23.1 Å². The van der Waals surface area contributed by atoms with Crippen LogP contribution < -0.4 is 10.6 Å². The molecule has 0 saturated carbocycles. The van der Waals surface area contributed by atoms with Gasteiger partial charge in [-0.05, 0) is 17.2 Å². The monoisotopic (exact) mass is 438 g/mol. The number of nitrogens with zero attached hydrogens (tertiary/aromatic N) is 7. The molecular weight excluding hydrogens is 416 g/mol. The number of benzene rings is 1. The third-order valence-electron chi connectivity index (χ3n) is 5.32. The average molecular weight is 438 g/mol. The van der Waals surface area contributed by atoms with Gasteiger partial charge in [0.2, 0.25) is 11.9 Å². The first kappa shape index (κ1) is 20.4. The number of carbonyl (C=O) groups is 1. The number of pyridine rings is 1. The summed E-state index contributed by atoms with van der Waals surface area (Å²) in [6.45, 7) is -0.0657. The molecule has 4 aromatic heterocycles. The van der Waals surface area contributed by atoms with Crippen LogP contribution in [-0.4, -0.2) is 41.8 Å². The van der Waals surface area contributed by atoms with E-state index in [4.69, 9.17) is 5.73 Å². The number of rotatable bonds is 7. The smallest absolute Gasteiger partial charge is 0.237 e. The molecule has 0 aliphatic heterocycles. The van der Waals surface area contributed by atoms with Crippen molar-refractivity contribution in [3.63, 3.8) is 0 Å². The van der Waals surface area contributed by atoms with Gasteiger partial charge in [-0.3, -0.25) is 14.4 Å². The summed E-state index contributed by atoms with van der Waals surface area (Å²) >= 11 is 0. The molecule has 2 N–H and O–H groups in total. The molecule has 0 saturated heterocycles. The molecule has 0 bridgehead atoms. The van der Waals surface area contributed by atoms with Gasteiger partial charge < -0.3 is 5.73 Å². The van der Waals surface area contributed by atoms with Crippen molar-refractivity contribution in [2.45, 2.75) is 6.42 Å². The number of fused-ring (bicyclic) bond motifs is 1. The van der Waals surface area contributed by atoms with Gasteiger partial charge in [0.15, 0.2) is 0 Å². The number of hydrogen-bond donors (Lipinski definition) is 1. The quantitative estimate of drug-likeness (QED) is 0.419. The van der Waals surface area contributed by atoms with E-state index in [0.29, 0.717) is 11.6 Å². The highest BCUT2D eigenvalue weighted by atomic mass is 16.1. The maximum atomic E-state index is 11.9. The summed E-state index contributed by atoms with van der Waals surface area (Å²) in [5.41, 5.74) is 11.2. The van der Waals surface area contributed by atoms with Crippen LogP contribution in [0, 0.1) is 0 Å². The summed E-state index contributed by atoms with van der Waals surface area (Å²) in [4.78, 5) is 22.6. The Morgan fingerprint density at radius 1 is 0.909 bits per heavy atom. The fourth-order valence-corrected chi connectivity index (χ4v) is 3.75. The lowest BCUT2D eigenvalue weighted by atomic mass is 10.1. The molecule has 0 atom stereocenters. The number of anilines is 2. The van der Waals surface area contributed by atoms with E-state index in [1.54, 1.807) is 38.9 Å². The first-order chi connectivity index (χ1) is 16.1. The molecule has 0 aliphatic carbocycles. The van der Waals surface area contributed by atoms with Gasteiger partial charge in [-0.15, -0.1) is 0 Å². The summed E-state index contributed by atoms with van der Waals surface area (Å²) in [5, 5.41) is 8.70. The molecule has 33 heavy (non-hydrogen) atoms. The Bertz CT molecular complexity index is 1410. The number of carbonyl (C=O) groups excluding carboxylic acids is 1. The number of amides is 1. The fraction of sp³-hybridized carbons (Fsp3) is 0.125. The van der Waals surface area contributed by atoms with Gasteiger partial charge in [-0.25, -0.2) is 14.5 Å². The summed E-state index contributed by atoms with van der Waals surface area (Å²) in [6.07, 6.45) is 11.6. The number of aromatic nitrogens is 6. The van der Waals surface area contributed by atoms with E-state index >= 15 is 0 Å². The largest absolute Gasteiger partial charge is 0.368 e. The number of aryl methyl sites for hydroxylation is 1. The molecule has 4 heterocycles. The van der Waals surface area contributed by atoms with Crippen molar-refractivity contribution in [3.8, 4) is 11.1 Å². The molecule has 164 valence electrons. The standard InChI is InChI=1S/C24H22N8O/c1-30-14-20(12-28-30)19-7-8-21-22(13-29-32(21)15-19)31(16-23(25)33)24-26-10-18(11-27-24)9-17-5-3-2-4-6-17/h2-8,10-15H,9,16H2,1H3,(H2,25,33). The van der Waals surface area contributed by atoms with E-state index in [9.17, 15) is 4.79 Å². The summed E-state index contributed by atoms with van der Waals surface area (Å²) in [5.74, 6) is -0.102. The third kappa shape index (κ3) is 4.29. The van der Waals surface area contributed by atoms with E-state index < -0.39 is 5.91 Å². The second kappa shape index (κ2) is 8.54. The predicted octanol–water partition coefficient (Wildman–Crippen LogP) is 2.74. The van der Waals surface area contributed by atoms with Crippen LogP contribution in [0.4, 0.5) is 11.6 Å². The number of hydrogen-bond acceptors (Lipinski definition) is 6. The van der Waals surface area contributed by atoms with E-state index in [0.717, 1.165) is 28.6 Å². The molecule has 0 aliphatic rings. The summed E-state index contributed by atoms with van der Waals surface area (Å²) < 4.78 is 3.51. The highest BCUT2D eigenvalue weighted by Crippen LogP contribution is 2.29. The molecule has 1 amide bonds. The maximum absolute atomic E-state index is 11.9. The Hall–Kier alpha value is -4.53. The van der Waals surface area contributed by atoms with Gasteiger partial charge in [0.05, 0.1) is 23.6 Å². The van der Waals surface area contributed by atoms with Crippen LogP contribution in [0.1, 0.15) is 11.1 Å². The van der Waals surface area contributed by atoms with Crippen molar-refractivity contribution in [2.75, 3.05) is 11.4 Å². The van der Waals surface area contributed by atoms with Crippen molar-refractivity contribution in [2.24, 2.45) is 12.8 Å². The zero-order valence-corrected chi connectivity index (χ0v) is 18.0. The van der Waals surface area contributed by atoms with Crippen LogP contribution in [0.5, 0.6) is 0 Å². The van der Waals surface area contributed by atoms with Crippen LogP contribution in [-0.2, 0) is 18.3 Å². The Morgan fingerprint density at radius 3 is 2.39 bits per heavy atom. The highest BCUT2D eigenvalue weighted by molar-refractivity contribution is 5.86. The minimum atomic E-state index is -0.488. The second-order valence-electron chi connectivity index (χ2n) is 7.79. The molecule has 1 aromatic carbocycles. The van der Waals surface area contributed by atoms with E-state index in [-0.39, 0.29) is 6.54 Å². The van der Waals surface area contributed by atoms with Gasteiger partial charge in [0, 0.05) is 49.4 Å². The first-order valence-corrected chi connectivity index (χ1v) is 10.4. The highest BCUT2D eigenvalue weighted by Gasteiger charge is 2.19.